The normalized spacial score (nSPS) is 25.1. The molecule has 66 heavy (non-hydrogen) atoms. The van der Waals surface area contributed by atoms with Crippen LogP contribution in [0.3, 0.4) is 0 Å². The number of hydrogen-bond acceptors (Lipinski definition) is 10. The van der Waals surface area contributed by atoms with Crippen molar-refractivity contribution in [3.8, 4) is 17.6 Å². The van der Waals surface area contributed by atoms with Gasteiger partial charge in [0.25, 0.3) is 0 Å². The molecule has 5 bridgehead atoms. The van der Waals surface area contributed by atoms with Crippen molar-refractivity contribution in [2.45, 2.75) is 114 Å². The number of esters is 2. The van der Waals surface area contributed by atoms with Crippen LogP contribution in [0.5, 0.6) is 5.75 Å². The summed E-state index contributed by atoms with van der Waals surface area (Å²) < 4.78 is 31.7. The van der Waals surface area contributed by atoms with Crippen molar-refractivity contribution in [2.75, 3.05) is 26.9 Å². The van der Waals surface area contributed by atoms with Crippen LogP contribution in [0.4, 0.5) is 0 Å². The summed E-state index contributed by atoms with van der Waals surface area (Å²) in [6.07, 6.45) is 2.69. The Morgan fingerprint density at radius 2 is 1.74 bits per heavy atom. The molecule has 1 aromatic heterocycles. The van der Waals surface area contributed by atoms with E-state index in [1.807, 2.05) is 6.07 Å². The topological polar surface area (TPSA) is 142 Å². The zero-order chi connectivity index (χ0) is 46.0. The van der Waals surface area contributed by atoms with Gasteiger partial charge in [-0.05, 0) is 134 Å². The van der Waals surface area contributed by atoms with Gasteiger partial charge in [0.05, 0.1) is 25.2 Å². The lowest BCUT2D eigenvalue weighted by Gasteiger charge is -2.45. The second-order valence-electron chi connectivity index (χ2n) is 18.8. The largest absolute Gasteiger partial charge is 0.482 e. The van der Waals surface area contributed by atoms with Crippen molar-refractivity contribution in [3.63, 3.8) is 0 Å². The number of hydrogen-bond donors (Lipinski definition) is 2. The SMILES string of the molecule is COCC(CCO)c1cc2ccc3c(c2oc1=O)C1OC(=O)CC2CC(c4cccc(Cc5ccccc5)c4)CCC2c2ccc4cc2CC#CCC(C)(O3)C1OC(=O)C(=C(C)CO)CC4. The monoisotopic (exact) mass is 890 g/mol. The van der Waals surface area contributed by atoms with E-state index in [9.17, 15) is 19.8 Å². The predicted molar refractivity (Wildman–Crippen MR) is 250 cm³/mol. The van der Waals surface area contributed by atoms with Crippen LogP contribution in [-0.2, 0) is 43.1 Å². The fourth-order valence-electron chi connectivity index (χ4n) is 10.9. The minimum absolute atomic E-state index is 0.0483. The first kappa shape index (κ1) is 45.2. The molecule has 0 radical (unpaired) electrons. The molecule has 4 aromatic carbocycles. The zero-order valence-electron chi connectivity index (χ0n) is 38.0. The predicted octanol–water partition coefficient (Wildman–Crippen LogP) is 9.11. The smallest absolute Gasteiger partial charge is 0.339 e. The summed E-state index contributed by atoms with van der Waals surface area (Å²) >= 11 is 0. The summed E-state index contributed by atoms with van der Waals surface area (Å²) in [4.78, 5) is 43.5. The Hall–Kier alpha value is -5.99. The van der Waals surface area contributed by atoms with Crippen molar-refractivity contribution in [2.24, 2.45) is 5.92 Å². The molecule has 7 atom stereocenters. The standard InChI is InChI=1S/C56H58O10/c1-34(32-58)44-19-15-36-16-20-45-40(27-36)13-7-8-24-56(2)53(65-54(44)60)52(50-48(66-56)22-18-41-30-47(55(61)64-51(41)50)42(23-25-57)33-62-3)63-49(59)31-43-29-39(17-21-46(43)45)38-14-9-12-37(28-38)26-35-10-5-4-6-11-35/h4-6,9-12,14,16,18,20,22,27-28,30,39,42-43,46,52-53,57-58H,13,15,17,19,21,23-26,29,31-33H2,1-3H3. The Labute approximate surface area is 385 Å². The Morgan fingerprint density at radius 1 is 0.909 bits per heavy atom. The molecule has 3 aliphatic heterocycles. The quantitative estimate of drug-likeness (QED) is 0.0637. The third-order valence-electron chi connectivity index (χ3n) is 14.4. The van der Waals surface area contributed by atoms with E-state index in [1.165, 1.54) is 29.4 Å². The third kappa shape index (κ3) is 9.22. The Bertz CT molecular complexity index is 2770. The van der Waals surface area contributed by atoms with E-state index in [4.69, 9.17) is 23.4 Å². The summed E-state index contributed by atoms with van der Waals surface area (Å²) in [5, 5.41) is 20.8. The van der Waals surface area contributed by atoms with E-state index in [1.54, 1.807) is 32.0 Å². The zero-order valence-corrected chi connectivity index (χ0v) is 38.0. The van der Waals surface area contributed by atoms with Gasteiger partial charge in [0.1, 0.15) is 11.3 Å². The van der Waals surface area contributed by atoms with Gasteiger partial charge in [-0.25, -0.2) is 9.59 Å². The molecular weight excluding hydrogens is 833 g/mol. The minimum Gasteiger partial charge on any atom is -0.482 e. The van der Waals surface area contributed by atoms with Crippen molar-refractivity contribution >= 4 is 22.9 Å². The average molecular weight is 891 g/mol. The van der Waals surface area contributed by atoms with Crippen LogP contribution in [0, 0.1) is 17.8 Å². The van der Waals surface area contributed by atoms with E-state index in [0.29, 0.717) is 47.1 Å². The molecule has 4 aliphatic rings. The average Bonchev–Trinajstić information content (AvgIpc) is 3.31. The molecule has 5 aromatic rings. The van der Waals surface area contributed by atoms with Gasteiger partial charge >= 0.3 is 17.6 Å². The molecule has 4 heterocycles. The molecule has 1 aliphatic carbocycles. The highest BCUT2D eigenvalue weighted by Gasteiger charge is 2.53. The summed E-state index contributed by atoms with van der Waals surface area (Å²) in [5.74, 6) is 5.73. The fourth-order valence-corrected chi connectivity index (χ4v) is 10.9. The lowest BCUT2D eigenvalue weighted by molar-refractivity contribution is -0.190. The summed E-state index contributed by atoms with van der Waals surface area (Å²) in [5.41, 5.74) is 6.67. The Balaban J connectivity index is 1.18. The molecule has 7 unspecified atom stereocenters. The molecule has 0 spiro atoms. The van der Waals surface area contributed by atoms with Crippen LogP contribution in [0.25, 0.3) is 11.0 Å². The van der Waals surface area contributed by atoms with E-state index in [0.717, 1.165) is 36.8 Å². The minimum atomic E-state index is -1.33. The van der Waals surface area contributed by atoms with Crippen LogP contribution in [-0.4, -0.2) is 60.8 Å². The number of benzene rings is 4. The number of carbonyl (C=O) groups is 2. The van der Waals surface area contributed by atoms with E-state index in [2.05, 4.69) is 78.6 Å². The van der Waals surface area contributed by atoms with Gasteiger partial charge in [0.15, 0.2) is 17.8 Å². The first-order valence-electron chi connectivity index (χ1n) is 23.3. The Kier molecular flexibility index (Phi) is 13.3. The first-order valence-corrected chi connectivity index (χ1v) is 23.3. The van der Waals surface area contributed by atoms with Crippen LogP contribution in [0.1, 0.15) is 127 Å². The van der Waals surface area contributed by atoms with Crippen LogP contribution in [0.15, 0.2) is 111 Å². The number of aliphatic hydroxyl groups excluding tert-OH is 2. The van der Waals surface area contributed by atoms with Crippen molar-refractivity contribution < 1.29 is 43.2 Å². The van der Waals surface area contributed by atoms with Gasteiger partial charge in [0.2, 0.25) is 0 Å². The molecule has 0 saturated heterocycles. The molecule has 1 fully saturated rings. The first-order chi connectivity index (χ1) is 32.0. The molecule has 0 amide bonds. The second-order valence-corrected chi connectivity index (χ2v) is 18.8. The number of aliphatic hydroxyl groups is 2. The highest BCUT2D eigenvalue weighted by Crippen LogP contribution is 2.51. The van der Waals surface area contributed by atoms with Crippen LogP contribution < -0.4 is 10.4 Å². The Morgan fingerprint density at radius 3 is 2.55 bits per heavy atom. The summed E-state index contributed by atoms with van der Waals surface area (Å²) in [6, 6.07) is 31.1. The van der Waals surface area contributed by atoms with E-state index >= 15 is 4.79 Å². The highest BCUT2D eigenvalue weighted by molar-refractivity contribution is 5.90. The summed E-state index contributed by atoms with van der Waals surface area (Å²) in [7, 11) is 1.54. The maximum atomic E-state index is 15.0. The van der Waals surface area contributed by atoms with E-state index in [-0.39, 0.29) is 68.0 Å². The highest BCUT2D eigenvalue weighted by atomic mass is 16.6. The lowest BCUT2D eigenvalue weighted by atomic mass is 9.67. The number of rotatable bonds is 9. The summed E-state index contributed by atoms with van der Waals surface area (Å²) in [6.45, 7) is 3.21. The lowest BCUT2D eigenvalue weighted by Crippen LogP contribution is -2.54. The second kappa shape index (κ2) is 19.5. The van der Waals surface area contributed by atoms with Gasteiger partial charge in [-0.2, -0.15) is 0 Å². The molecule has 10 heteroatoms. The van der Waals surface area contributed by atoms with Crippen LogP contribution >= 0.6 is 0 Å². The maximum absolute atomic E-state index is 15.0. The van der Waals surface area contributed by atoms with Gasteiger partial charge in [-0.3, -0.25) is 4.79 Å². The van der Waals surface area contributed by atoms with E-state index < -0.39 is 41.3 Å². The number of ether oxygens (including phenoxy) is 4. The van der Waals surface area contributed by atoms with Crippen molar-refractivity contribution in [1.29, 1.82) is 0 Å². The van der Waals surface area contributed by atoms with Gasteiger partial charge in [0, 0.05) is 49.0 Å². The molecule has 2 N–H and O–H groups in total. The molecule has 342 valence electrons. The molecule has 1 saturated carbocycles. The molecule has 10 nitrogen and oxygen atoms in total. The molecular formula is C56H58O10. The van der Waals surface area contributed by atoms with Crippen molar-refractivity contribution in [3.05, 3.63) is 157 Å². The van der Waals surface area contributed by atoms with Crippen LogP contribution in [0.2, 0.25) is 0 Å². The fraction of sp³-hybridized carbons (Fsp3) is 0.411. The van der Waals surface area contributed by atoms with Gasteiger partial charge in [-0.1, -0.05) is 84.6 Å². The molecule has 9 rings (SSSR count). The maximum Gasteiger partial charge on any atom is 0.339 e. The van der Waals surface area contributed by atoms with Crippen molar-refractivity contribution in [1.82, 2.24) is 0 Å². The van der Waals surface area contributed by atoms with Gasteiger partial charge in [-0.15, -0.1) is 0 Å². The van der Waals surface area contributed by atoms with Gasteiger partial charge < -0.3 is 33.6 Å². The number of aryl methyl sites for hydroxylation is 1. The third-order valence-corrected chi connectivity index (χ3v) is 14.4. The number of fused-ring (bicyclic) bond motifs is 9. The number of carbonyl (C=O) groups excluding carboxylic acids is 2. The number of methoxy groups -OCH3 is 1.